The van der Waals surface area contributed by atoms with Gasteiger partial charge in [0.15, 0.2) is 0 Å². The van der Waals surface area contributed by atoms with Gasteiger partial charge in [0.05, 0.1) is 29.9 Å². The summed E-state index contributed by atoms with van der Waals surface area (Å²) in [6, 6.07) is 5.06. The fourth-order valence-electron chi connectivity index (χ4n) is 2.81. The van der Waals surface area contributed by atoms with Gasteiger partial charge in [0.25, 0.3) is 15.8 Å². The van der Waals surface area contributed by atoms with Crippen molar-refractivity contribution in [3.8, 4) is 0 Å². The Morgan fingerprint density at radius 2 is 1.96 bits per heavy atom. The van der Waals surface area contributed by atoms with Gasteiger partial charge in [0.1, 0.15) is 6.61 Å². The zero-order chi connectivity index (χ0) is 20.9. The van der Waals surface area contributed by atoms with Crippen LogP contribution in [0.3, 0.4) is 0 Å². The van der Waals surface area contributed by atoms with Gasteiger partial charge in [0, 0.05) is 25.6 Å². The van der Waals surface area contributed by atoms with Crippen LogP contribution in [-0.2, 0) is 30.4 Å². The first-order valence-electron chi connectivity index (χ1n) is 8.34. The van der Waals surface area contributed by atoms with Gasteiger partial charge >= 0.3 is 6.09 Å². The number of hydrogen-bond donors (Lipinski definition) is 1. The monoisotopic (exact) mass is 415 g/mol. The Labute approximate surface area is 161 Å². The first kappa shape index (κ1) is 21.6. The standard InChI is InChI=1S/C16H21N3O8S/c1-11(20)17-8-14-7-15(27-28(2,24)25)9-18(14)16(21)26-10-12-3-5-13(6-4-12)19(22)23/h3-6,14-15H,7-10H2,1-2H3,(H,17,20)/t14-,15-/m1/s1. The molecule has 1 saturated heterocycles. The highest BCUT2D eigenvalue weighted by molar-refractivity contribution is 7.86. The summed E-state index contributed by atoms with van der Waals surface area (Å²) in [5.74, 6) is -0.285. The number of benzene rings is 1. The van der Waals surface area contributed by atoms with E-state index in [0.717, 1.165) is 6.26 Å². The number of ether oxygens (including phenoxy) is 1. The second-order valence-corrected chi connectivity index (χ2v) is 7.98. The molecule has 2 rings (SSSR count). The zero-order valence-electron chi connectivity index (χ0n) is 15.4. The van der Waals surface area contributed by atoms with E-state index in [0.29, 0.717) is 5.56 Å². The summed E-state index contributed by atoms with van der Waals surface area (Å²) < 4.78 is 32.9. The molecule has 2 amide bonds. The Hall–Kier alpha value is -2.73. The van der Waals surface area contributed by atoms with E-state index in [1.807, 2.05) is 0 Å². The van der Waals surface area contributed by atoms with E-state index < -0.39 is 33.3 Å². The topological polar surface area (TPSA) is 145 Å². The van der Waals surface area contributed by atoms with Gasteiger partial charge in [-0.15, -0.1) is 0 Å². The third kappa shape index (κ3) is 6.46. The maximum atomic E-state index is 12.4. The van der Waals surface area contributed by atoms with E-state index in [9.17, 15) is 28.1 Å². The molecule has 11 nitrogen and oxygen atoms in total. The van der Waals surface area contributed by atoms with Crippen LogP contribution < -0.4 is 5.32 Å². The number of non-ortho nitro benzene ring substituents is 1. The summed E-state index contributed by atoms with van der Waals surface area (Å²) in [4.78, 5) is 35.0. The van der Waals surface area contributed by atoms with E-state index >= 15 is 0 Å². The first-order valence-corrected chi connectivity index (χ1v) is 10.2. The smallest absolute Gasteiger partial charge is 0.410 e. The number of likely N-dealkylation sites (tertiary alicyclic amines) is 1. The summed E-state index contributed by atoms with van der Waals surface area (Å²) in [5.41, 5.74) is 0.478. The van der Waals surface area contributed by atoms with Gasteiger partial charge in [-0.3, -0.25) is 19.1 Å². The van der Waals surface area contributed by atoms with Gasteiger partial charge < -0.3 is 15.0 Å². The molecule has 1 aromatic carbocycles. The highest BCUT2D eigenvalue weighted by atomic mass is 32.2. The zero-order valence-corrected chi connectivity index (χ0v) is 16.2. The summed E-state index contributed by atoms with van der Waals surface area (Å²) in [7, 11) is -3.70. The number of hydrogen-bond acceptors (Lipinski definition) is 8. The number of carbonyl (C=O) groups is 2. The number of nitrogens with one attached hydrogen (secondary N) is 1. The van der Waals surface area contributed by atoms with Gasteiger partial charge in [0.2, 0.25) is 5.91 Å². The van der Waals surface area contributed by atoms with Crippen molar-refractivity contribution in [2.45, 2.75) is 32.1 Å². The summed E-state index contributed by atoms with van der Waals surface area (Å²) in [6.45, 7) is 1.34. The molecule has 28 heavy (non-hydrogen) atoms. The molecule has 0 spiro atoms. The number of amides is 2. The molecule has 0 aromatic heterocycles. The van der Waals surface area contributed by atoms with Crippen molar-refractivity contribution in [1.29, 1.82) is 0 Å². The molecule has 1 N–H and O–H groups in total. The van der Waals surface area contributed by atoms with Crippen LogP contribution >= 0.6 is 0 Å². The number of nitrogens with zero attached hydrogens (tertiary/aromatic N) is 2. The van der Waals surface area contributed by atoms with Crippen LogP contribution in [0.1, 0.15) is 18.9 Å². The number of carbonyl (C=O) groups excluding carboxylic acids is 2. The molecule has 2 atom stereocenters. The fraction of sp³-hybridized carbons (Fsp3) is 0.500. The maximum absolute atomic E-state index is 12.4. The summed E-state index contributed by atoms with van der Waals surface area (Å²) in [5, 5.41) is 13.2. The van der Waals surface area contributed by atoms with Crippen molar-refractivity contribution in [1.82, 2.24) is 10.2 Å². The SMILES string of the molecule is CC(=O)NC[C@H]1C[C@@H](OS(C)(=O)=O)CN1C(=O)OCc1ccc([N+](=O)[O-])cc1. The van der Waals surface area contributed by atoms with Gasteiger partial charge in [-0.25, -0.2) is 4.79 Å². The Morgan fingerprint density at radius 1 is 1.32 bits per heavy atom. The average molecular weight is 415 g/mol. The number of rotatable bonds is 7. The lowest BCUT2D eigenvalue weighted by molar-refractivity contribution is -0.384. The van der Waals surface area contributed by atoms with Crippen molar-refractivity contribution in [3.63, 3.8) is 0 Å². The molecular formula is C16H21N3O8S. The summed E-state index contributed by atoms with van der Waals surface area (Å²) in [6.07, 6.45) is -0.292. The van der Waals surface area contributed by atoms with Crippen molar-refractivity contribution in [2.24, 2.45) is 0 Å². The highest BCUT2D eigenvalue weighted by Gasteiger charge is 2.38. The lowest BCUT2D eigenvalue weighted by atomic mass is 10.2. The minimum atomic E-state index is -3.70. The van der Waals surface area contributed by atoms with E-state index in [4.69, 9.17) is 8.92 Å². The third-order valence-electron chi connectivity index (χ3n) is 4.02. The van der Waals surface area contributed by atoms with Crippen LogP contribution in [0.4, 0.5) is 10.5 Å². The van der Waals surface area contributed by atoms with E-state index in [1.54, 1.807) is 0 Å². The predicted molar refractivity (Wildman–Crippen MR) is 96.8 cm³/mol. The molecular weight excluding hydrogens is 394 g/mol. The predicted octanol–water partition coefficient (Wildman–Crippen LogP) is 0.787. The van der Waals surface area contributed by atoms with Gasteiger partial charge in [-0.1, -0.05) is 0 Å². The second kappa shape index (κ2) is 8.97. The number of nitro groups is 1. The van der Waals surface area contributed by atoms with Crippen molar-refractivity contribution < 1.29 is 31.9 Å². The molecule has 154 valence electrons. The molecule has 1 aromatic rings. The summed E-state index contributed by atoms with van der Waals surface area (Å²) >= 11 is 0. The Morgan fingerprint density at radius 3 is 2.50 bits per heavy atom. The number of nitro benzene ring substituents is 1. The van der Waals surface area contributed by atoms with Crippen LogP contribution in [0.15, 0.2) is 24.3 Å². The molecule has 1 fully saturated rings. The maximum Gasteiger partial charge on any atom is 0.410 e. The Kier molecular flexibility index (Phi) is 6.91. The first-order chi connectivity index (χ1) is 13.0. The Balaban J connectivity index is 2.00. The third-order valence-corrected chi connectivity index (χ3v) is 4.64. The van der Waals surface area contributed by atoms with E-state index in [1.165, 1.54) is 36.1 Å². The molecule has 12 heteroatoms. The molecule has 0 unspecified atom stereocenters. The molecule has 1 heterocycles. The van der Waals surface area contributed by atoms with Gasteiger partial charge in [-0.05, 0) is 24.1 Å². The molecule has 1 aliphatic rings. The Bertz CT molecular complexity index is 840. The minimum Gasteiger partial charge on any atom is -0.445 e. The van der Waals surface area contributed by atoms with Crippen LogP contribution in [0.25, 0.3) is 0 Å². The average Bonchev–Trinajstić information content (AvgIpc) is 2.99. The molecule has 0 bridgehead atoms. The van der Waals surface area contributed by atoms with E-state index in [2.05, 4.69) is 5.32 Å². The molecule has 0 aliphatic carbocycles. The largest absolute Gasteiger partial charge is 0.445 e. The van der Waals surface area contributed by atoms with Crippen molar-refractivity contribution >= 4 is 27.8 Å². The second-order valence-electron chi connectivity index (χ2n) is 6.38. The molecule has 1 aliphatic heterocycles. The van der Waals surface area contributed by atoms with Crippen molar-refractivity contribution in [2.75, 3.05) is 19.3 Å². The molecule has 0 radical (unpaired) electrons. The van der Waals surface area contributed by atoms with Gasteiger partial charge in [-0.2, -0.15) is 8.42 Å². The normalized spacial score (nSPS) is 19.3. The van der Waals surface area contributed by atoms with Crippen LogP contribution in [0, 0.1) is 10.1 Å². The van der Waals surface area contributed by atoms with Crippen molar-refractivity contribution in [3.05, 3.63) is 39.9 Å². The lowest BCUT2D eigenvalue weighted by Gasteiger charge is -2.23. The van der Waals surface area contributed by atoms with Crippen LogP contribution in [0.5, 0.6) is 0 Å². The van der Waals surface area contributed by atoms with Crippen LogP contribution in [0.2, 0.25) is 0 Å². The fourth-order valence-corrected chi connectivity index (χ4v) is 3.44. The lowest BCUT2D eigenvalue weighted by Crippen LogP contribution is -2.43. The minimum absolute atomic E-state index is 0.00356. The molecule has 0 saturated carbocycles. The van der Waals surface area contributed by atoms with Crippen LogP contribution in [-0.4, -0.2) is 61.7 Å². The highest BCUT2D eigenvalue weighted by Crippen LogP contribution is 2.23. The van der Waals surface area contributed by atoms with E-state index in [-0.39, 0.29) is 37.7 Å². The quantitative estimate of drug-likeness (QED) is 0.391.